The van der Waals surface area contributed by atoms with Gasteiger partial charge in [-0.3, -0.25) is 15.0 Å². The van der Waals surface area contributed by atoms with Crippen LogP contribution < -0.4 is 10.1 Å². The van der Waals surface area contributed by atoms with Crippen molar-refractivity contribution in [1.82, 2.24) is 19.8 Å². The van der Waals surface area contributed by atoms with E-state index in [-0.39, 0.29) is 17.5 Å². The summed E-state index contributed by atoms with van der Waals surface area (Å²) in [6.07, 6.45) is 1.25. The van der Waals surface area contributed by atoms with Gasteiger partial charge in [-0.15, -0.1) is 0 Å². The first-order valence-electron chi connectivity index (χ1n) is 12.4. The minimum Gasteiger partial charge on any atom is -0.468 e. The fourth-order valence-electron chi connectivity index (χ4n) is 4.19. The summed E-state index contributed by atoms with van der Waals surface area (Å²) in [5, 5.41) is 15.8. The highest BCUT2D eigenvalue weighted by Crippen LogP contribution is 2.36. The van der Waals surface area contributed by atoms with Crippen molar-refractivity contribution < 1.29 is 19.2 Å². The predicted molar refractivity (Wildman–Crippen MR) is 148 cm³/mol. The molecule has 3 aromatic rings. The highest BCUT2D eigenvalue weighted by molar-refractivity contribution is 9.10. The van der Waals surface area contributed by atoms with Gasteiger partial charge >= 0.3 is 11.8 Å². The molecule has 1 unspecified atom stereocenters. The topological polar surface area (TPSA) is 123 Å². The molecule has 2 heterocycles. The van der Waals surface area contributed by atoms with Gasteiger partial charge in [-0.05, 0) is 45.4 Å². The summed E-state index contributed by atoms with van der Waals surface area (Å²) in [7, 11) is 0. The van der Waals surface area contributed by atoms with E-state index in [4.69, 9.17) is 9.47 Å². The number of nitrogens with one attached hydrogen (secondary N) is 1. The van der Waals surface area contributed by atoms with Crippen LogP contribution in [0.25, 0.3) is 10.9 Å². The average Bonchev–Trinajstić information content (AvgIpc) is 2.86. The summed E-state index contributed by atoms with van der Waals surface area (Å²) in [6.45, 7) is 9.54. The molecular weight excluding hydrogens is 556 g/mol. The molecule has 38 heavy (non-hydrogen) atoms. The number of hydrogen-bond acceptors (Lipinski definition) is 9. The first-order valence-corrected chi connectivity index (χ1v) is 13.2. The zero-order chi connectivity index (χ0) is 27.4. The fourth-order valence-corrected chi connectivity index (χ4v) is 4.59. The van der Waals surface area contributed by atoms with Crippen molar-refractivity contribution in [3.8, 4) is 5.75 Å². The number of ether oxygens (including phenoxy) is 2. The van der Waals surface area contributed by atoms with Gasteiger partial charge in [0.2, 0.25) is 5.75 Å². The Morgan fingerprint density at radius 1 is 1.18 bits per heavy atom. The van der Waals surface area contributed by atoms with Gasteiger partial charge in [0.15, 0.2) is 6.23 Å². The van der Waals surface area contributed by atoms with Crippen LogP contribution in [0.3, 0.4) is 0 Å². The van der Waals surface area contributed by atoms with Crippen molar-refractivity contribution in [3.05, 3.63) is 57.3 Å². The van der Waals surface area contributed by atoms with E-state index in [0.717, 1.165) is 10.2 Å². The number of benzene rings is 2. The Hall–Kier alpha value is -3.51. The number of amides is 1. The Morgan fingerprint density at radius 3 is 2.55 bits per heavy atom. The maximum atomic E-state index is 12.4. The van der Waals surface area contributed by atoms with Crippen LogP contribution in [0.15, 0.2) is 47.2 Å². The molecular formula is C26H31BrN6O5. The van der Waals surface area contributed by atoms with Gasteiger partial charge in [-0.1, -0.05) is 28.9 Å². The molecule has 202 valence electrons. The van der Waals surface area contributed by atoms with E-state index in [1.54, 1.807) is 11.0 Å². The lowest BCUT2D eigenvalue weighted by atomic mass is 10.2. The number of hydrogen-bond donors (Lipinski definition) is 1. The normalized spacial score (nSPS) is 15.2. The molecule has 0 aliphatic carbocycles. The zero-order valence-corrected chi connectivity index (χ0v) is 23.4. The fraction of sp³-hybridized carbons (Fsp3) is 0.423. The molecule has 0 bridgehead atoms. The predicted octanol–water partition coefficient (Wildman–Crippen LogP) is 5.71. The SMILES string of the molecule is CCC(Oc1cc2ncnc(Nc3cccc(Br)c3)c2cc1[N+](=O)[O-])N1CCN(C(=O)OC(C)(C)C)CC1. The maximum Gasteiger partial charge on any atom is 0.410 e. The quantitative estimate of drug-likeness (QED) is 0.273. The number of fused-ring (bicyclic) bond motifs is 1. The van der Waals surface area contributed by atoms with Crippen LogP contribution in [0.1, 0.15) is 34.1 Å². The molecule has 12 heteroatoms. The van der Waals surface area contributed by atoms with Crippen LogP contribution in [0.5, 0.6) is 5.75 Å². The van der Waals surface area contributed by atoms with Crippen molar-refractivity contribution in [3.63, 3.8) is 0 Å². The first-order chi connectivity index (χ1) is 18.0. The van der Waals surface area contributed by atoms with Gasteiger partial charge in [-0.2, -0.15) is 0 Å². The highest BCUT2D eigenvalue weighted by atomic mass is 79.9. The first kappa shape index (κ1) is 27.5. The Kier molecular flexibility index (Phi) is 8.32. The number of nitro benzene ring substituents is 1. The van der Waals surface area contributed by atoms with E-state index >= 15 is 0 Å². The Balaban J connectivity index is 1.54. The summed E-state index contributed by atoms with van der Waals surface area (Å²) in [6, 6.07) is 10.6. The van der Waals surface area contributed by atoms with E-state index in [1.807, 2.05) is 52.0 Å². The molecule has 4 rings (SSSR count). The number of anilines is 2. The summed E-state index contributed by atoms with van der Waals surface area (Å²) in [4.78, 5) is 36.4. The molecule has 2 aromatic carbocycles. The number of rotatable bonds is 7. The number of piperazine rings is 1. The Bertz CT molecular complexity index is 1320. The summed E-state index contributed by atoms with van der Waals surface area (Å²) in [5.74, 6) is 0.587. The standard InChI is InChI=1S/C26H31BrN6O5/c1-5-23(31-9-11-32(12-10-31)25(34)38-26(2,3)4)37-22-15-20-19(14-21(22)33(35)36)24(29-16-28-20)30-18-8-6-7-17(27)13-18/h6-8,13-16,23H,5,9-12H2,1-4H3,(H,28,29,30). The Labute approximate surface area is 229 Å². The minimum atomic E-state index is -0.560. The second-order valence-electron chi connectivity index (χ2n) is 9.94. The molecule has 0 radical (unpaired) electrons. The number of halogens is 1. The molecule has 1 aromatic heterocycles. The number of carbonyl (C=O) groups excluding carboxylic acids is 1. The summed E-state index contributed by atoms with van der Waals surface area (Å²) >= 11 is 3.44. The van der Waals surface area contributed by atoms with Crippen molar-refractivity contribution in [2.45, 2.75) is 45.9 Å². The van der Waals surface area contributed by atoms with Gasteiger partial charge in [0.25, 0.3) is 0 Å². The van der Waals surface area contributed by atoms with Crippen molar-refractivity contribution in [1.29, 1.82) is 0 Å². The molecule has 1 aliphatic heterocycles. The smallest absolute Gasteiger partial charge is 0.410 e. The van der Waals surface area contributed by atoms with Gasteiger partial charge in [-0.25, -0.2) is 14.8 Å². The highest BCUT2D eigenvalue weighted by Gasteiger charge is 2.30. The van der Waals surface area contributed by atoms with Crippen molar-refractivity contribution >= 4 is 50.1 Å². The lowest BCUT2D eigenvalue weighted by Crippen LogP contribution is -2.54. The number of aromatic nitrogens is 2. The Morgan fingerprint density at radius 2 is 1.92 bits per heavy atom. The summed E-state index contributed by atoms with van der Waals surface area (Å²) < 4.78 is 12.6. The molecule has 1 N–H and O–H groups in total. The molecule has 11 nitrogen and oxygen atoms in total. The number of nitrogens with zero attached hydrogens (tertiary/aromatic N) is 5. The minimum absolute atomic E-state index is 0.135. The van der Waals surface area contributed by atoms with E-state index in [2.05, 4.69) is 36.1 Å². The van der Waals surface area contributed by atoms with E-state index in [9.17, 15) is 14.9 Å². The van der Waals surface area contributed by atoms with Crippen molar-refractivity contribution in [2.75, 3.05) is 31.5 Å². The number of carbonyl (C=O) groups is 1. The van der Waals surface area contributed by atoms with Crippen LogP contribution in [0.4, 0.5) is 22.0 Å². The lowest BCUT2D eigenvalue weighted by molar-refractivity contribution is -0.386. The van der Waals surface area contributed by atoms with Crippen LogP contribution in [0.2, 0.25) is 0 Å². The van der Waals surface area contributed by atoms with Crippen LogP contribution in [-0.4, -0.2) is 68.8 Å². The van der Waals surface area contributed by atoms with E-state index in [1.165, 1.54) is 12.4 Å². The van der Waals surface area contributed by atoms with Crippen LogP contribution in [-0.2, 0) is 4.74 Å². The van der Waals surface area contributed by atoms with Crippen LogP contribution in [0, 0.1) is 10.1 Å². The van der Waals surface area contributed by atoms with Gasteiger partial charge in [0.1, 0.15) is 17.7 Å². The average molecular weight is 587 g/mol. The van der Waals surface area contributed by atoms with Crippen molar-refractivity contribution in [2.24, 2.45) is 0 Å². The third-order valence-electron chi connectivity index (χ3n) is 5.99. The third kappa shape index (κ3) is 6.67. The molecule has 1 aliphatic rings. The lowest BCUT2D eigenvalue weighted by Gasteiger charge is -2.39. The second kappa shape index (κ2) is 11.5. The molecule has 1 fully saturated rings. The molecule has 1 amide bonds. The van der Waals surface area contributed by atoms with Crippen LogP contribution >= 0.6 is 15.9 Å². The second-order valence-corrected chi connectivity index (χ2v) is 10.9. The molecule has 1 saturated heterocycles. The molecule has 1 atom stereocenters. The van der Waals surface area contributed by atoms with E-state index < -0.39 is 16.8 Å². The van der Waals surface area contributed by atoms with Gasteiger partial charge in [0, 0.05) is 48.5 Å². The monoisotopic (exact) mass is 586 g/mol. The summed E-state index contributed by atoms with van der Waals surface area (Å²) in [5.41, 5.74) is 0.562. The zero-order valence-electron chi connectivity index (χ0n) is 21.8. The maximum absolute atomic E-state index is 12.4. The molecule has 0 saturated carbocycles. The largest absolute Gasteiger partial charge is 0.468 e. The van der Waals surface area contributed by atoms with Gasteiger partial charge < -0.3 is 19.7 Å². The third-order valence-corrected chi connectivity index (χ3v) is 6.48. The number of nitro groups is 1. The van der Waals surface area contributed by atoms with E-state index in [0.29, 0.717) is 49.3 Å². The van der Waals surface area contributed by atoms with Gasteiger partial charge in [0.05, 0.1) is 15.8 Å². The molecule has 0 spiro atoms.